The summed E-state index contributed by atoms with van der Waals surface area (Å²) < 4.78 is 0. The summed E-state index contributed by atoms with van der Waals surface area (Å²) in [6.45, 7) is 0. The highest BCUT2D eigenvalue weighted by Crippen LogP contribution is 2.33. The van der Waals surface area contributed by atoms with Crippen LogP contribution in [0.25, 0.3) is 6.08 Å². The van der Waals surface area contributed by atoms with E-state index in [1.807, 2.05) is 0 Å². The van der Waals surface area contributed by atoms with E-state index in [1.54, 1.807) is 54.6 Å². The first-order valence-corrected chi connectivity index (χ1v) is 10.2. The van der Waals surface area contributed by atoms with Crippen molar-refractivity contribution in [1.29, 1.82) is 0 Å². The van der Waals surface area contributed by atoms with Crippen molar-refractivity contribution in [2.75, 3.05) is 10.2 Å². The van der Waals surface area contributed by atoms with Gasteiger partial charge in [0.05, 0.1) is 27.5 Å². The van der Waals surface area contributed by atoms with Gasteiger partial charge in [0.25, 0.3) is 11.8 Å². The lowest BCUT2D eigenvalue weighted by atomic mass is 10.1. The second kappa shape index (κ2) is 8.55. The van der Waals surface area contributed by atoms with Gasteiger partial charge in [-0.3, -0.25) is 14.4 Å². The summed E-state index contributed by atoms with van der Waals surface area (Å²) in [5.74, 6) is -1.27. The van der Waals surface area contributed by atoms with E-state index < -0.39 is 17.7 Å². The topological polar surface area (TPSA) is 66.5 Å². The maximum atomic E-state index is 12.6. The summed E-state index contributed by atoms with van der Waals surface area (Å²) in [5.41, 5.74) is 1.96. The molecule has 0 saturated carbocycles. The third-order valence-corrected chi connectivity index (χ3v) is 5.51. The maximum absolute atomic E-state index is 12.6. The molecule has 3 aromatic rings. The number of hydrogen-bond donors (Lipinski definition) is 1. The Hall–Kier alpha value is -3.12. The van der Waals surface area contributed by atoms with Crippen LogP contribution in [-0.4, -0.2) is 17.7 Å². The predicted octanol–water partition coefficient (Wildman–Crippen LogP) is 6.10. The minimum atomic E-state index is -0.429. The van der Waals surface area contributed by atoms with Gasteiger partial charge < -0.3 is 5.32 Å². The number of halogens is 3. The number of hydrogen-bond acceptors (Lipinski definition) is 3. The average molecular weight is 472 g/mol. The molecule has 0 spiro atoms. The van der Waals surface area contributed by atoms with Crippen LogP contribution in [0.4, 0.5) is 11.4 Å². The predicted molar refractivity (Wildman–Crippen MR) is 123 cm³/mol. The first kappa shape index (κ1) is 21.1. The highest BCUT2D eigenvalue weighted by molar-refractivity contribution is 6.37. The number of nitrogens with one attached hydrogen (secondary N) is 1. The molecule has 4 rings (SSSR count). The van der Waals surface area contributed by atoms with Crippen LogP contribution in [0.2, 0.25) is 15.1 Å². The molecule has 31 heavy (non-hydrogen) atoms. The Balaban J connectivity index is 1.51. The Morgan fingerprint density at radius 1 is 0.839 bits per heavy atom. The number of carbonyl (C=O) groups is 3. The van der Waals surface area contributed by atoms with E-state index in [9.17, 15) is 14.4 Å². The molecule has 0 saturated heterocycles. The molecule has 1 heterocycles. The molecule has 0 bridgehead atoms. The minimum absolute atomic E-state index is 0.181. The molecule has 3 aromatic carbocycles. The molecule has 0 fully saturated rings. The van der Waals surface area contributed by atoms with Crippen LogP contribution >= 0.6 is 34.8 Å². The van der Waals surface area contributed by atoms with Gasteiger partial charge in [-0.2, -0.15) is 0 Å². The smallest absolute Gasteiger partial charge is 0.266 e. The number of anilines is 2. The fourth-order valence-electron chi connectivity index (χ4n) is 3.14. The van der Waals surface area contributed by atoms with Gasteiger partial charge in [-0.1, -0.05) is 53.0 Å². The lowest BCUT2D eigenvalue weighted by molar-refractivity contribution is -0.111. The molecule has 0 atom stereocenters. The maximum Gasteiger partial charge on any atom is 0.266 e. The number of amides is 3. The number of fused-ring (bicyclic) bond motifs is 1. The summed E-state index contributed by atoms with van der Waals surface area (Å²) in [6.07, 6.45) is 2.86. The van der Waals surface area contributed by atoms with Crippen LogP contribution in [-0.2, 0) is 4.79 Å². The molecule has 0 radical (unpaired) electrons. The van der Waals surface area contributed by atoms with Gasteiger partial charge in [-0.15, -0.1) is 0 Å². The van der Waals surface area contributed by atoms with E-state index in [-0.39, 0.29) is 5.02 Å². The molecule has 3 amide bonds. The van der Waals surface area contributed by atoms with Crippen LogP contribution in [0.1, 0.15) is 26.3 Å². The number of carbonyl (C=O) groups excluding carboxylic acids is 3. The van der Waals surface area contributed by atoms with Gasteiger partial charge in [-0.05, 0) is 54.1 Å². The number of imide groups is 1. The first-order chi connectivity index (χ1) is 14.8. The Morgan fingerprint density at radius 3 is 2.13 bits per heavy atom. The van der Waals surface area contributed by atoms with Gasteiger partial charge in [-0.25, -0.2) is 4.90 Å². The van der Waals surface area contributed by atoms with Crippen molar-refractivity contribution in [3.05, 3.63) is 98.5 Å². The van der Waals surface area contributed by atoms with Gasteiger partial charge in [0.1, 0.15) is 0 Å². The van der Waals surface area contributed by atoms with Crippen LogP contribution in [0, 0.1) is 0 Å². The van der Waals surface area contributed by atoms with E-state index in [4.69, 9.17) is 34.8 Å². The molecule has 0 aliphatic carbocycles. The third-order valence-electron chi connectivity index (χ3n) is 4.64. The molecule has 1 N–H and O–H groups in total. The zero-order valence-corrected chi connectivity index (χ0v) is 18.0. The summed E-state index contributed by atoms with van der Waals surface area (Å²) >= 11 is 18.2. The van der Waals surface area contributed by atoms with E-state index >= 15 is 0 Å². The Morgan fingerprint density at radius 2 is 1.52 bits per heavy atom. The van der Waals surface area contributed by atoms with E-state index in [0.29, 0.717) is 38.1 Å². The summed E-state index contributed by atoms with van der Waals surface area (Å²) in [5, 5.41) is 3.75. The summed E-state index contributed by atoms with van der Waals surface area (Å²) in [6, 6.07) is 16.1. The monoisotopic (exact) mass is 470 g/mol. The van der Waals surface area contributed by atoms with Crippen LogP contribution in [0.5, 0.6) is 0 Å². The van der Waals surface area contributed by atoms with Gasteiger partial charge in [0, 0.05) is 16.1 Å². The lowest BCUT2D eigenvalue weighted by Gasteiger charge is -2.15. The van der Waals surface area contributed by atoms with Crippen LogP contribution < -0.4 is 10.2 Å². The molecule has 154 valence electrons. The third kappa shape index (κ3) is 4.21. The average Bonchev–Trinajstić information content (AvgIpc) is 2.99. The summed E-state index contributed by atoms with van der Waals surface area (Å²) in [7, 11) is 0. The number of nitrogens with zero attached hydrogens (tertiary/aromatic N) is 1. The molecule has 5 nitrogen and oxygen atoms in total. The second-order valence-electron chi connectivity index (χ2n) is 6.64. The first-order valence-electron chi connectivity index (χ1n) is 9.06. The Kier molecular flexibility index (Phi) is 5.83. The highest BCUT2D eigenvalue weighted by atomic mass is 35.5. The Labute approximate surface area is 192 Å². The molecule has 0 aromatic heterocycles. The Bertz CT molecular complexity index is 1240. The minimum Gasteiger partial charge on any atom is -0.321 e. The number of benzene rings is 3. The van der Waals surface area contributed by atoms with Gasteiger partial charge in [0.15, 0.2) is 0 Å². The fraction of sp³-hybridized carbons (Fsp3) is 0. The fourth-order valence-corrected chi connectivity index (χ4v) is 3.84. The zero-order valence-electron chi connectivity index (χ0n) is 15.7. The van der Waals surface area contributed by atoms with E-state index in [2.05, 4.69) is 5.32 Å². The van der Waals surface area contributed by atoms with Crippen molar-refractivity contribution in [3.63, 3.8) is 0 Å². The highest BCUT2D eigenvalue weighted by Gasteiger charge is 2.36. The van der Waals surface area contributed by atoms with Gasteiger partial charge >= 0.3 is 0 Å². The van der Waals surface area contributed by atoms with Crippen molar-refractivity contribution < 1.29 is 14.4 Å². The van der Waals surface area contributed by atoms with Crippen molar-refractivity contribution in [2.45, 2.75) is 0 Å². The molecular weight excluding hydrogens is 459 g/mol. The molecule has 1 aliphatic heterocycles. The SMILES string of the molecule is O=C(/C=C/c1ccc(Cl)cc1Cl)Nc1ccc(N2C(=O)c3ccccc3C2=O)cc1Cl. The lowest BCUT2D eigenvalue weighted by Crippen LogP contribution is -2.29. The standard InChI is InChI=1S/C23H13Cl3N2O3/c24-14-7-5-13(18(25)11-14)6-10-21(29)27-20-9-8-15(12-19(20)26)28-22(30)16-3-1-2-4-17(16)23(28)31/h1-12H,(H,27,29)/b10-6+. The van der Waals surface area contributed by atoms with Crippen molar-refractivity contribution >= 4 is 70.0 Å². The van der Waals surface area contributed by atoms with Crippen LogP contribution in [0.3, 0.4) is 0 Å². The molecule has 1 aliphatic rings. The van der Waals surface area contributed by atoms with Crippen LogP contribution in [0.15, 0.2) is 66.7 Å². The van der Waals surface area contributed by atoms with Crippen molar-refractivity contribution in [2.24, 2.45) is 0 Å². The largest absolute Gasteiger partial charge is 0.321 e. The zero-order chi connectivity index (χ0) is 22.1. The molecule has 8 heteroatoms. The van der Waals surface area contributed by atoms with E-state index in [0.717, 1.165) is 4.90 Å². The van der Waals surface area contributed by atoms with Gasteiger partial charge in [0.2, 0.25) is 5.91 Å². The number of rotatable bonds is 4. The van der Waals surface area contributed by atoms with Crippen molar-refractivity contribution in [1.82, 2.24) is 0 Å². The molecule has 0 unspecified atom stereocenters. The summed E-state index contributed by atoms with van der Waals surface area (Å²) in [4.78, 5) is 38.6. The van der Waals surface area contributed by atoms with E-state index in [1.165, 1.54) is 18.2 Å². The van der Waals surface area contributed by atoms with Crippen molar-refractivity contribution in [3.8, 4) is 0 Å². The quantitative estimate of drug-likeness (QED) is 0.369. The second-order valence-corrected chi connectivity index (χ2v) is 7.89. The normalized spacial score (nSPS) is 13.1. The molecular formula is C23H13Cl3N2O3.